The first kappa shape index (κ1) is 19.0. The lowest BCUT2D eigenvalue weighted by Crippen LogP contribution is -2.24. The maximum Gasteiger partial charge on any atom is 0.262 e. The molecule has 1 aliphatic rings. The second-order valence-corrected chi connectivity index (χ2v) is 8.04. The summed E-state index contributed by atoms with van der Waals surface area (Å²) < 4.78 is 0.955. The first-order valence-corrected chi connectivity index (χ1v) is 10.1. The van der Waals surface area contributed by atoms with Crippen molar-refractivity contribution in [3.05, 3.63) is 110 Å². The van der Waals surface area contributed by atoms with E-state index in [4.69, 9.17) is 23.2 Å². The van der Waals surface area contributed by atoms with Crippen LogP contribution < -0.4 is 4.90 Å². The summed E-state index contributed by atoms with van der Waals surface area (Å²) in [6.07, 6.45) is 3.69. The molecule has 1 heterocycles. The van der Waals surface area contributed by atoms with E-state index in [9.17, 15) is 4.79 Å². The summed E-state index contributed by atoms with van der Waals surface area (Å²) in [6, 6.07) is 22.7. The number of amides is 1. The van der Waals surface area contributed by atoms with E-state index in [2.05, 4.69) is 15.9 Å². The molecule has 0 aliphatic carbocycles. The average molecular weight is 471 g/mol. The van der Waals surface area contributed by atoms with Gasteiger partial charge < -0.3 is 0 Å². The van der Waals surface area contributed by atoms with Crippen LogP contribution in [0.4, 0.5) is 5.69 Å². The molecule has 1 amide bonds. The highest BCUT2D eigenvalue weighted by molar-refractivity contribution is 9.10. The fourth-order valence-electron chi connectivity index (χ4n) is 3.07. The molecule has 3 aromatic rings. The second-order valence-electron chi connectivity index (χ2n) is 6.28. The third-order valence-corrected chi connectivity index (χ3v) is 5.50. The number of rotatable bonds is 3. The molecular formula is C23H14BrCl2NO. The number of nitrogens with zero attached hydrogens (tertiary/aromatic N) is 1. The van der Waals surface area contributed by atoms with Crippen molar-refractivity contribution in [2.75, 3.05) is 4.90 Å². The molecule has 0 fully saturated rings. The molecule has 138 valence electrons. The Bertz CT molecular complexity index is 1110. The zero-order valence-electron chi connectivity index (χ0n) is 14.6. The molecule has 0 atom stereocenters. The van der Waals surface area contributed by atoms with Gasteiger partial charge in [-0.05, 0) is 59.7 Å². The fourth-order valence-corrected chi connectivity index (χ4v) is 3.80. The smallest absolute Gasteiger partial charge is 0.262 e. The predicted molar refractivity (Wildman–Crippen MR) is 120 cm³/mol. The summed E-state index contributed by atoms with van der Waals surface area (Å²) in [5.41, 5.74) is 3.89. The third kappa shape index (κ3) is 3.79. The van der Waals surface area contributed by atoms with Crippen LogP contribution in [0, 0.1) is 0 Å². The van der Waals surface area contributed by atoms with E-state index in [1.807, 2.05) is 66.7 Å². The van der Waals surface area contributed by atoms with Crippen LogP contribution in [0.25, 0.3) is 11.8 Å². The van der Waals surface area contributed by atoms with Gasteiger partial charge in [0.2, 0.25) is 0 Å². The van der Waals surface area contributed by atoms with E-state index in [1.165, 1.54) is 0 Å². The molecule has 0 saturated carbocycles. The van der Waals surface area contributed by atoms with Crippen molar-refractivity contribution in [3.8, 4) is 0 Å². The first-order valence-electron chi connectivity index (χ1n) is 8.57. The summed E-state index contributed by atoms with van der Waals surface area (Å²) in [4.78, 5) is 15.0. The van der Waals surface area contributed by atoms with Crippen LogP contribution in [-0.2, 0) is 4.79 Å². The maximum atomic E-state index is 13.3. The predicted octanol–water partition coefficient (Wildman–Crippen LogP) is 7.23. The van der Waals surface area contributed by atoms with Crippen LogP contribution in [0.2, 0.25) is 10.0 Å². The number of benzene rings is 3. The molecule has 2 nitrogen and oxygen atoms in total. The molecule has 0 spiro atoms. The van der Waals surface area contributed by atoms with Crippen molar-refractivity contribution < 1.29 is 4.79 Å². The Morgan fingerprint density at radius 2 is 1.61 bits per heavy atom. The Morgan fingerprint density at radius 3 is 2.29 bits per heavy atom. The summed E-state index contributed by atoms with van der Waals surface area (Å²) in [7, 11) is 0. The molecule has 0 aromatic heterocycles. The zero-order valence-corrected chi connectivity index (χ0v) is 17.7. The quantitative estimate of drug-likeness (QED) is 0.370. The van der Waals surface area contributed by atoms with Gasteiger partial charge in [-0.3, -0.25) is 9.69 Å². The van der Waals surface area contributed by atoms with Gasteiger partial charge in [-0.1, -0.05) is 75.5 Å². The monoisotopic (exact) mass is 469 g/mol. The Morgan fingerprint density at radius 1 is 0.893 bits per heavy atom. The first-order chi connectivity index (χ1) is 13.5. The van der Waals surface area contributed by atoms with E-state index in [0.717, 1.165) is 27.0 Å². The highest BCUT2D eigenvalue weighted by Crippen LogP contribution is 2.36. The van der Waals surface area contributed by atoms with E-state index in [-0.39, 0.29) is 5.91 Å². The van der Waals surface area contributed by atoms with Gasteiger partial charge in [-0.2, -0.15) is 0 Å². The molecule has 0 bridgehead atoms. The van der Waals surface area contributed by atoms with Crippen molar-refractivity contribution in [1.29, 1.82) is 0 Å². The number of hydrogen-bond donors (Lipinski definition) is 0. The lowest BCUT2D eigenvalue weighted by Gasteiger charge is -2.21. The topological polar surface area (TPSA) is 20.3 Å². The van der Waals surface area contributed by atoms with Gasteiger partial charge in [-0.15, -0.1) is 0 Å². The van der Waals surface area contributed by atoms with Gasteiger partial charge >= 0.3 is 0 Å². The van der Waals surface area contributed by atoms with Crippen LogP contribution in [0.5, 0.6) is 0 Å². The average Bonchev–Trinajstić information content (AvgIpc) is 3.02. The van der Waals surface area contributed by atoms with Gasteiger partial charge in [0.15, 0.2) is 0 Å². The Hall–Kier alpha value is -2.33. The summed E-state index contributed by atoms with van der Waals surface area (Å²) in [6.45, 7) is 0. The largest absolute Gasteiger partial charge is 0.276 e. The van der Waals surface area contributed by atoms with Gasteiger partial charge in [0.05, 0.1) is 5.70 Å². The molecule has 28 heavy (non-hydrogen) atoms. The van der Waals surface area contributed by atoms with Crippen molar-refractivity contribution in [1.82, 2.24) is 0 Å². The van der Waals surface area contributed by atoms with Crippen molar-refractivity contribution in [2.24, 2.45) is 0 Å². The molecule has 4 rings (SSSR count). The number of hydrogen-bond acceptors (Lipinski definition) is 1. The minimum Gasteiger partial charge on any atom is -0.276 e. The van der Waals surface area contributed by atoms with Crippen molar-refractivity contribution >= 4 is 62.5 Å². The number of carbonyl (C=O) groups is 1. The lowest BCUT2D eigenvalue weighted by molar-refractivity contribution is -0.113. The lowest BCUT2D eigenvalue weighted by atomic mass is 10.1. The van der Waals surface area contributed by atoms with Crippen LogP contribution in [-0.4, -0.2) is 5.91 Å². The zero-order chi connectivity index (χ0) is 19.7. The van der Waals surface area contributed by atoms with Gasteiger partial charge in [0.1, 0.15) is 0 Å². The molecular weight excluding hydrogens is 457 g/mol. The second kappa shape index (κ2) is 7.96. The van der Waals surface area contributed by atoms with E-state index < -0.39 is 0 Å². The SMILES string of the molecule is O=C1/C(=C/c2ccc(Cl)cc2Cl)C=C(c2ccccc2)N1c1ccc(Br)cc1. The van der Waals surface area contributed by atoms with Crippen LogP contribution in [0.3, 0.4) is 0 Å². The van der Waals surface area contributed by atoms with Crippen molar-refractivity contribution in [3.63, 3.8) is 0 Å². The standard InChI is InChI=1S/C23H14BrCl2NO/c24-18-7-10-20(11-8-18)27-22(15-4-2-1-3-5-15)13-17(23(27)28)12-16-6-9-19(25)14-21(16)26/h1-14H/b17-12+. The minimum absolute atomic E-state index is 0.104. The van der Waals surface area contributed by atoms with Crippen LogP contribution >= 0.6 is 39.1 Å². The Kier molecular flexibility index (Phi) is 5.40. The number of halogens is 3. The molecule has 3 aromatic carbocycles. The molecule has 0 unspecified atom stereocenters. The highest BCUT2D eigenvalue weighted by Gasteiger charge is 2.30. The third-order valence-electron chi connectivity index (χ3n) is 4.41. The normalized spacial score (nSPS) is 15.2. The molecule has 5 heteroatoms. The van der Waals surface area contributed by atoms with Gasteiger partial charge in [0, 0.05) is 25.8 Å². The summed E-state index contributed by atoms with van der Waals surface area (Å²) >= 11 is 15.7. The van der Waals surface area contributed by atoms with E-state index in [1.54, 1.807) is 23.1 Å². The number of carbonyl (C=O) groups excluding carboxylic acids is 1. The van der Waals surface area contributed by atoms with Crippen molar-refractivity contribution in [2.45, 2.75) is 0 Å². The van der Waals surface area contributed by atoms with E-state index in [0.29, 0.717) is 15.6 Å². The summed E-state index contributed by atoms with van der Waals surface area (Å²) in [5, 5.41) is 1.06. The van der Waals surface area contributed by atoms with E-state index >= 15 is 0 Å². The Labute approximate surface area is 181 Å². The number of anilines is 1. The van der Waals surface area contributed by atoms with Gasteiger partial charge in [-0.25, -0.2) is 0 Å². The fraction of sp³-hybridized carbons (Fsp3) is 0. The van der Waals surface area contributed by atoms with Crippen LogP contribution in [0.1, 0.15) is 11.1 Å². The highest BCUT2D eigenvalue weighted by atomic mass is 79.9. The minimum atomic E-state index is -0.104. The molecule has 0 radical (unpaired) electrons. The molecule has 1 aliphatic heterocycles. The van der Waals surface area contributed by atoms with Gasteiger partial charge in [0.25, 0.3) is 5.91 Å². The van der Waals surface area contributed by atoms with Crippen LogP contribution in [0.15, 0.2) is 88.9 Å². The maximum absolute atomic E-state index is 13.3. The summed E-state index contributed by atoms with van der Waals surface area (Å²) in [5.74, 6) is -0.104. The Balaban J connectivity index is 1.83. The molecule has 0 saturated heterocycles. The molecule has 0 N–H and O–H groups in total.